The number of nitrogens with two attached hydrogens (primary N) is 2. The van der Waals surface area contributed by atoms with Gasteiger partial charge in [-0.25, -0.2) is 0 Å². The van der Waals surface area contributed by atoms with Gasteiger partial charge in [-0.05, 0) is 0 Å². The number of H-pyrrole nitrogens is 1. The van der Waals surface area contributed by atoms with Crippen molar-refractivity contribution < 1.29 is 4.52 Å². The molecule has 0 spiro atoms. The van der Waals surface area contributed by atoms with E-state index in [-0.39, 0.29) is 22.9 Å². The first-order chi connectivity index (χ1) is 5.68. The number of fused-ring (bicyclic) bond motifs is 1. The Kier molecular flexibility index (Phi) is 1.09. The van der Waals surface area contributed by atoms with E-state index in [4.69, 9.17) is 11.5 Å². The van der Waals surface area contributed by atoms with Crippen LogP contribution in [0.3, 0.4) is 0 Å². The maximum Gasteiger partial charge on any atom is 0.267 e. The van der Waals surface area contributed by atoms with Crippen molar-refractivity contribution in [3.63, 3.8) is 0 Å². The number of nitrogens with zero attached hydrogens (tertiary/aromatic N) is 2. The number of hydrogen-bond acceptors (Lipinski definition) is 6. The lowest BCUT2D eigenvalue weighted by Gasteiger charge is -1.88. The summed E-state index contributed by atoms with van der Waals surface area (Å²) in [7, 11) is 0. The zero-order valence-corrected chi connectivity index (χ0v) is 5.87. The number of nitrogen functional groups attached to an aromatic ring is 2. The van der Waals surface area contributed by atoms with E-state index in [0.29, 0.717) is 0 Å². The Labute approximate surface area is 65.4 Å². The van der Waals surface area contributed by atoms with E-state index >= 15 is 0 Å². The average molecular weight is 167 g/mol. The first-order valence-electron chi connectivity index (χ1n) is 3.09. The Hall–Kier alpha value is -2.05. The van der Waals surface area contributed by atoms with Crippen LogP contribution in [0.4, 0.5) is 11.8 Å². The standard InChI is InChI=1S/C5H5N5O2/c6-2-1-3(10-12-2)8-5(7)9-4(1)11/h6H2,(H3,7,8,9,10,11). The van der Waals surface area contributed by atoms with E-state index in [1.54, 1.807) is 0 Å². The third-order valence-corrected chi connectivity index (χ3v) is 1.40. The van der Waals surface area contributed by atoms with Crippen molar-refractivity contribution in [2.75, 3.05) is 11.5 Å². The van der Waals surface area contributed by atoms with Gasteiger partial charge in [0.2, 0.25) is 17.5 Å². The lowest BCUT2D eigenvalue weighted by molar-refractivity contribution is 0.443. The highest BCUT2D eigenvalue weighted by Gasteiger charge is 2.10. The molecule has 0 radical (unpaired) electrons. The summed E-state index contributed by atoms with van der Waals surface area (Å²) >= 11 is 0. The first-order valence-corrected chi connectivity index (χ1v) is 3.09. The van der Waals surface area contributed by atoms with Gasteiger partial charge in [0.1, 0.15) is 0 Å². The second kappa shape index (κ2) is 1.97. The van der Waals surface area contributed by atoms with Crippen molar-refractivity contribution in [2.45, 2.75) is 0 Å². The minimum Gasteiger partial charge on any atom is -0.369 e. The number of nitrogens with one attached hydrogen (secondary N) is 1. The molecule has 0 bridgehead atoms. The summed E-state index contributed by atoms with van der Waals surface area (Å²) in [4.78, 5) is 17.1. The molecule has 5 N–H and O–H groups in total. The van der Waals surface area contributed by atoms with Gasteiger partial charge >= 0.3 is 0 Å². The molecule has 7 nitrogen and oxygen atoms in total. The zero-order valence-electron chi connectivity index (χ0n) is 5.87. The molecule has 2 heterocycles. The predicted octanol–water partition coefficient (Wildman–Crippen LogP) is -0.925. The van der Waals surface area contributed by atoms with Crippen molar-refractivity contribution in [3.8, 4) is 0 Å². The lowest BCUT2D eigenvalue weighted by atomic mass is 10.4. The van der Waals surface area contributed by atoms with E-state index in [1.807, 2.05) is 0 Å². The maximum absolute atomic E-state index is 11.1. The second-order valence-corrected chi connectivity index (χ2v) is 2.20. The maximum atomic E-state index is 11.1. The van der Waals surface area contributed by atoms with Crippen molar-refractivity contribution in [1.82, 2.24) is 15.1 Å². The highest BCUT2D eigenvalue weighted by atomic mass is 16.5. The Morgan fingerprint density at radius 3 is 2.92 bits per heavy atom. The molecule has 0 saturated carbocycles. The summed E-state index contributed by atoms with van der Waals surface area (Å²) in [6.45, 7) is 0. The summed E-state index contributed by atoms with van der Waals surface area (Å²) in [6.07, 6.45) is 0. The monoisotopic (exact) mass is 167 g/mol. The second-order valence-electron chi connectivity index (χ2n) is 2.20. The molecule has 2 aromatic heterocycles. The van der Waals surface area contributed by atoms with E-state index < -0.39 is 5.56 Å². The van der Waals surface area contributed by atoms with Gasteiger partial charge in [0, 0.05) is 0 Å². The van der Waals surface area contributed by atoms with Crippen LogP contribution in [0.5, 0.6) is 0 Å². The number of hydrogen-bond donors (Lipinski definition) is 3. The molecule has 7 heteroatoms. The summed E-state index contributed by atoms with van der Waals surface area (Å²) in [5.74, 6) is -0.0699. The molecule has 0 aliphatic carbocycles. The van der Waals surface area contributed by atoms with E-state index in [9.17, 15) is 4.79 Å². The van der Waals surface area contributed by atoms with Crippen LogP contribution in [0.15, 0.2) is 9.32 Å². The molecule has 0 aliphatic heterocycles. The summed E-state index contributed by atoms with van der Waals surface area (Å²) in [5, 5.41) is 3.56. The summed E-state index contributed by atoms with van der Waals surface area (Å²) in [6, 6.07) is 0. The fourth-order valence-corrected chi connectivity index (χ4v) is 0.905. The Balaban J connectivity index is 3.03. The molecule has 0 amide bonds. The number of anilines is 2. The average Bonchev–Trinajstić information content (AvgIpc) is 2.31. The molecule has 0 atom stereocenters. The van der Waals surface area contributed by atoms with Gasteiger partial charge in [-0.1, -0.05) is 5.16 Å². The molecule has 2 rings (SSSR count). The number of aromatic amines is 1. The minimum atomic E-state index is -0.448. The van der Waals surface area contributed by atoms with Crippen LogP contribution in [0.2, 0.25) is 0 Å². The highest BCUT2D eigenvalue weighted by Crippen LogP contribution is 2.12. The van der Waals surface area contributed by atoms with Crippen LogP contribution in [0.1, 0.15) is 0 Å². The zero-order chi connectivity index (χ0) is 8.72. The van der Waals surface area contributed by atoms with Gasteiger partial charge in [0.05, 0.1) is 0 Å². The third kappa shape index (κ3) is 0.729. The molecule has 0 unspecified atom stereocenters. The molecule has 62 valence electrons. The Morgan fingerprint density at radius 2 is 2.17 bits per heavy atom. The molecule has 0 aliphatic rings. The topological polar surface area (TPSA) is 124 Å². The minimum absolute atomic E-state index is 0.0131. The van der Waals surface area contributed by atoms with Gasteiger partial charge in [-0.2, -0.15) is 4.98 Å². The van der Waals surface area contributed by atoms with Crippen molar-refractivity contribution in [1.29, 1.82) is 0 Å². The normalized spacial score (nSPS) is 10.7. The molecule has 0 saturated heterocycles. The SMILES string of the molecule is Nc1nc2noc(N)c2c(=O)[nH]1. The van der Waals surface area contributed by atoms with Crippen LogP contribution >= 0.6 is 0 Å². The molecule has 0 aromatic carbocycles. The van der Waals surface area contributed by atoms with Gasteiger partial charge in [-0.15, -0.1) is 0 Å². The third-order valence-electron chi connectivity index (χ3n) is 1.40. The molecule has 2 aromatic rings. The fourth-order valence-electron chi connectivity index (χ4n) is 0.905. The Bertz CT molecular complexity index is 484. The Morgan fingerprint density at radius 1 is 1.42 bits per heavy atom. The van der Waals surface area contributed by atoms with Gasteiger partial charge in [0.25, 0.3) is 5.56 Å². The predicted molar refractivity (Wildman–Crippen MR) is 41.2 cm³/mol. The molecular weight excluding hydrogens is 162 g/mol. The fraction of sp³-hybridized carbons (Fsp3) is 0. The van der Waals surface area contributed by atoms with E-state index in [0.717, 1.165) is 0 Å². The van der Waals surface area contributed by atoms with Crippen LogP contribution < -0.4 is 17.0 Å². The van der Waals surface area contributed by atoms with Crippen molar-refractivity contribution >= 4 is 22.9 Å². The van der Waals surface area contributed by atoms with Crippen molar-refractivity contribution in [3.05, 3.63) is 10.4 Å². The smallest absolute Gasteiger partial charge is 0.267 e. The van der Waals surface area contributed by atoms with Crippen LogP contribution in [-0.2, 0) is 0 Å². The van der Waals surface area contributed by atoms with Gasteiger partial charge in [-0.3, -0.25) is 9.78 Å². The quantitative estimate of drug-likeness (QED) is 0.465. The van der Waals surface area contributed by atoms with Crippen molar-refractivity contribution in [2.24, 2.45) is 0 Å². The summed E-state index contributed by atoms with van der Waals surface area (Å²) < 4.78 is 4.54. The number of rotatable bonds is 0. The molecule has 12 heavy (non-hydrogen) atoms. The van der Waals surface area contributed by atoms with E-state index in [2.05, 4.69) is 19.6 Å². The van der Waals surface area contributed by atoms with Gasteiger partial charge < -0.3 is 16.0 Å². The van der Waals surface area contributed by atoms with Crippen LogP contribution in [0, 0.1) is 0 Å². The van der Waals surface area contributed by atoms with Crippen LogP contribution in [-0.4, -0.2) is 15.1 Å². The largest absolute Gasteiger partial charge is 0.369 e. The molecular formula is C5H5N5O2. The summed E-state index contributed by atoms with van der Waals surface area (Å²) in [5.41, 5.74) is 10.2. The molecule has 0 fully saturated rings. The lowest BCUT2D eigenvalue weighted by Crippen LogP contribution is -2.11. The van der Waals surface area contributed by atoms with Gasteiger partial charge in [0.15, 0.2) is 5.39 Å². The van der Waals surface area contributed by atoms with E-state index in [1.165, 1.54) is 0 Å². The highest BCUT2D eigenvalue weighted by molar-refractivity contribution is 5.83. The first kappa shape index (κ1) is 6.65. The van der Waals surface area contributed by atoms with Crippen LogP contribution in [0.25, 0.3) is 11.0 Å². The number of aromatic nitrogens is 3.